The molecule has 14 heteroatoms. The van der Waals surface area contributed by atoms with Crippen molar-refractivity contribution in [2.24, 2.45) is 7.05 Å². The van der Waals surface area contributed by atoms with E-state index in [1.807, 2.05) is 6.07 Å². The highest BCUT2D eigenvalue weighted by Crippen LogP contribution is 2.32. The van der Waals surface area contributed by atoms with Crippen LogP contribution >= 0.6 is 0 Å². The smallest absolute Gasteiger partial charge is 0.282 e. The van der Waals surface area contributed by atoms with Crippen LogP contribution in [0.4, 0.5) is 13.2 Å². The molecule has 0 atom stereocenters. The number of rotatable bonds is 3. The maximum Gasteiger partial charge on any atom is 0.492 e. The van der Waals surface area contributed by atoms with Gasteiger partial charge in [0.15, 0.2) is 0 Å². The maximum atomic E-state index is 13.5. The van der Waals surface area contributed by atoms with Gasteiger partial charge in [0.1, 0.15) is 10.6 Å². The Kier molecular flexibility index (Phi) is 5.12. The highest BCUT2D eigenvalue weighted by molar-refractivity contribution is 7.86. The van der Waals surface area contributed by atoms with Crippen LogP contribution in [0.25, 0.3) is 16.9 Å². The number of benzene rings is 1. The van der Waals surface area contributed by atoms with E-state index in [9.17, 15) is 35.7 Å². The molecule has 10 nitrogen and oxygen atoms in total. The number of hydrogen-bond donors (Lipinski definition) is 1. The molecule has 3 rings (SSSR count). The predicted molar refractivity (Wildman–Crippen MR) is 99.1 cm³/mol. The Morgan fingerprint density at radius 2 is 1.74 bits per heavy atom. The molecule has 3 aromatic rings. The minimum absolute atomic E-state index is 0.0788. The summed E-state index contributed by atoms with van der Waals surface area (Å²) in [5, 5.41) is 12.7. The Bertz CT molecular complexity index is 1460. The molecule has 0 bridgehead atoms. The van der Waals surface area contributed by atoms with Crippen LogP contribution in [0.2, 0.25) is 0 Å². The summed E-state index contributed by atoms with van der Waals surface area (Å²) in [5.74, 6) is 0. The van der Waals surface area contributed by atoms with Crippen molar-refractivity contribution in [1.29, 1.82) is 5.26 Å². The Labute approximate surface area is 171 Å². The maximum absolute atomic E-state index is 13.5. The van der Waals surface area contributed by atoms with Gasteiger partial charge in [-0.25, -0.2) is 14.0 Å². The molecule has 0 saturated carbocycles. The summed E-state index contributed by atoms with van der Waals surface area (Å²) in [6.07, 6.45) is -4.57. The lowest BCUT2D eigenvalue weighted by Crippen LogP contribution is -2.45. The van der Waals surface area contributed by atoms with Crippen LogP contribution in [0.3, 0.4) is 0 Å². The number of nitriles is 1. The van der Waals surface area contributed by atoms with Crippen LogP contribution in [0.5, 0.6) is 0 Å². The van der Waals surface area contributed by atoms with E-state index in [0.717, 1.165) is 18.7 Å². The van der Waals surface area contributed by atoms with Crippen molar-refractivity contribution in [3.63, 3.8) is 0 Å². The van der Waals surface area contributed by atoms with Gasteiger partial charge in [-0.2, -0.15) is 18.8 Å². The molecule has 0 amide bonds. The van der Waals surface area contributed by atoms with Crippen LogP contribution in [-0.2, 0) is 23.5 Å². The van der Waals surface area contributed by atoms with Crippen molar-refractivity contribution in [3.05, 3.63) is 62.6 Å². The highest BCUT2D eigenvalue weighted by Gasteiger charge is 2.38. The Morgan fingerprint density at radius 3 is 2.23 bits per heavy atom. The number of alkyl halides is 3. The number of aromatic nitrogens is 4. The van der Waals surface area contributed by atoms with Crippen molar-refractivity contribution < 1.29 is 26.1 Å². The SMILES string of the molecule is Cc1c(-c2c(S(=O)(=O)O)cnn2-c2ccc(C#N)cc2)c(=O)n(C)c(=O)n1C(F)(F)F. The summed E-state index contributed by atoms with van der Waals surface area (Å²) >= 11 is 0. The van der Waals surface area contributed by atoms with Crippen molar-refractivity contribution in [3.8, 4) is 23.0 Å². The summed E-state index contributed by atoms with van der Waals surface area (Å²) in [7, 11) is -4.24. The highest BCUT2D eigenvalue weighted by atomic mass is 32.2. The first-order valence-corrected chi connectivity index (χ1v) is 9.69. The Hall–Kier alpha value is -3.70. The minimum atomic E-state index is -5.22. The van der Waals surface area contributed by atoms with Gasteiger partial charge in [-0.15, -0.1) is 13.2 Å². The van der Waals surface area contributed by atoms with Crippen LogP contribution in [0, 0.1) is 18.3 Å². The molecule has 2 heterocycles. The topological polar surface area (TPSA) is 140 Å². The molecule has 1 N–H and O–H groups in total. The molecule has 0 aliphatic heterocycles. The van der Waals surface area contributed by atoms with E-state index in [1.54, 1.807) is 0 Å². The molecule has 31 heavy (non-hydrogen) atoms. The largest absolute Gasteiger partial charge is 0.492 e. The third kappa shape index (κ3) is 3.64. The van der Waals surface area contributed by atoms with Crippen molar-refractivity contribution in [2.75, 3.05) is 0 Å². The van der Waals surface area contributed by atoms with Crippen molar-refractivity contribution in [1.82, 2.24) is 18.9 Å². The predicted octanol–water partition coefficient (Wildman–Crippen LogP) is 1.30. The minimum Gasteiger partial charge on any atom is -0.282 e. The van der Waals surface area contributed by atoms with Gasteiger partial charge in [-0.05, 0) is 31.2 Å². The number of halogens is 3. The molecular formula is C17H12F3N5O5S. The lowest BCUT2D eigenvalue weighted by atomic mass is 10.1. The van der Waals surface area contributed by atoms with Gasteiger partial charge < -0.3 is 0 Å². The second-order valence-electron chi connectivity index (χ2n) is 6.31. The fourth-order valence-corrected chi connectivity index (χ4v) is 3.62. The van der Waals surface area contributed by atoms with Gasteiger partial charge in [-0.1, -0.05) is 0 Å². The quantitative estimate of drug-likeness (QED) is 0.587. The molecule has 0 spiro atoms. The average Bonchev–Trinajstić information content (AvgIpc) is 3.10. The monoisotopic (exact) mass is 455 g/mol. The third-order valence-electron chi connectivity index (χ3n) is 4.44. The van der Waals surface area contributed by atoms with Crippen LogP contribution in [-0.4, -0.2) is 31.9 Å². The van der Waals surface area contributed by atoms with Crippen molar-refractivity contribution in [2.45, 2.75) is 18.1 Å². The number of hydrogen-bond acceptors (Lipinski definition) is 6. The Morgan fingerprint density at radius 1 is 1.16 bits per heavy atom. The van der Waals surface area contributed by atoms with Gasteiger partial charge in [0, 0.05) is 12.7 Å². The molecule has 1 aromatic carbocycles. The summed E-state index contributed by atoms with van der Waals surface area (Å²) < 4.78 is 74.3. The first kappa shape index (κ1) is 22.0. The normalized spacial score (nSPS) is 12.0. The second kappa shape index (κ2) is 7.22. The van der Waals surface area contributed by atoms with Gasteiger partial charge in [-0.3, -0.25) is 13.9 Å². The van der Waals surface area contributed by atoms with E-state index in [-0.39, 0.29) is 15.8 Å². The van der Waals surface area contributed by atoms with Crippen LogP contribution in [0.1, 0.15) is 11.3 Å². The van der Waals surface area contributed by atoms with E-state index >= 15 is 0 Å². The lowest BCUT2D eigenvalue weighted by molar-refractivity contribution is -0.208. The van der Waals surface area contributed by atoms with E-state index in [4.69, 9.17) is 5.26 Å². The molecule has 0 saturated heterocycles. The standard InChI is InChI=1S/C17H12F3N5O5S/c1-9-13(15(26)23(2)16(27)24(9)17(18,19)20)14-12(31(28,29)30)8-22-25(14)11-5-3-10(7-21)4-6-11/h3-6,8H,1-2H3,(H,28,29,30). The van der Waals surface area contributed by atoms with E-state index < -0.39 is 54.1 Å². The van der Waals surface area contributed by atoms with E-state index in [2.05, 4.69) is 5.10 Å². The molecule has 162 valence electrons. The molecule has 2 aromatic heterocycles. The summed E-state index contributed by atoms with van der Waals surface area (Å²) in [6.45, 7) is 0.815. The lowest BCUT2D eigenvalue weighted by Gasteiger charge is -2.18. The molecule has 0 radical (unpaired) electrons. The summed E-state index contributed by atoms with van der Waals surface area (Å²) in [5.41, 5.74) is -5.00. The van der Waals surface area contributed by atoms with Crippen molar-refractivity contribution >= 4 is 10.1 Å². The molecule has 0 aliphatic carbocycles. The second-order valence-corrected chi connectivity index (χ2v) is 7.70. The van der Waals surface area contributed by atoms with Crippen LogP contribution in [0.15, 0.2) is 44.9 Å². The van der Waals surface area contributed by atoms with Gasteiger partial charge >= 0.3 is 12.0 Å². The molecule has 0 unspecified atom stereocenters. The van der Waals surface area contributed by atoms with Gasteiger partial charge in [0.25, 0.3) is 15.7 Å². The van der Waals surface area contributed by atoms with E-state index in [1.165, 1.54) is 24.3 Å². The molecule has 0 aliphatic rings. The Balaban J connectivity index is 2.53. The third-order valence-corrected chi connectivity index (χ3v) is 5.29. The van der Waals surface area contributed by atoms with Gasteiger partial charge in [0.2, 0.25) is 0 Å². The zero-order valence-corrected chi connectivity index (χ0v) is 16.6. The fraction of sp³-hybridized carbons (Fsp3) is 0.176. The molecular weight excluding hydrogens is 443 g/mol. The summed E-state index contributed by atoms with van der Waals surface area (Å²) in [6, 6.07) is 7.13. The van der Waals surface area contributed by atoms with Gasteiger partial charge in [0.05, 0.1) is 29.1 Å². The molecule has 0 fully saturated rings. The zero-order valence-electron chi connectivity index (χ0n) is 15.7. The van der Waals surface area contributed by atoms with E-state index in [0.29, 0.717) is 6.20 Å². The zero-order chi connectivity index (χ0) is 23.3. The first-order chi connectivity index (χ1) is 14.3. The number of nitrogens with zero attached hydrogens (tertiary/aromatic N) is 5. The summed E-state index contributed by atoms with van der Waals surface area (Å²) in [4.78, 5) is 23.9. The fourth-order valence-electron chi connectivity index (χ4n) is 3.01. The van der Waals surface area contributed by atoms with Crippen LogP contribution < -0.4 is 11.2 Å². The first-order valence-electron chi connectivity index (χ1n) is 8.25. The average molecular weight is 455 g/mol.